The molecule has 0 unspecified atom stereocenters. The number of aromatic nitrogens is 3. The largest absolute Gasteiger partial charge is 0.485 e. The maximum Gasteiger partial charge on any atom is 0.272 e. The average molecular weight is 556 g/mol. The van der Waals surface area contributed by atoms with Crippen LogP contribution in [0.3, 0.4) is 0 Å². The summed E-state index contributed by atoms with van der Waals surface area (Å²) >= 11 is 12.2. The fraction of sp³-hybridized carbons (Fsp3) is 0.333. The summed E-state index contributed by atoms with van der Waals surface area (Å²) in [5.74, 6) is -1.74. The van der Waals surface area contributed by atoms with Crippen molar-refractivity contribution in [1.82, 2.24) is 25.4 Å². The normalized spacial score (nSPS) is 14.8. The van der Waals surface area contributed by atoms with Gasteiger partial charge in [0.15, 0.2) is 0 Å². The van der Waals surface area contributed by atoms with Crippen LogP contribution >= 0.6 is 23.2 Å². The van der Waals surface area contributed by atoms with Crippen molar-refractivity contribution in [2.45, 2.75) is 37.8 Å². The average Bonchev–Trinajstić information content (AvgIpc) is 3.48. The van der Waals surface area contributed by atoms with Crippen LogP contribution in [-0.2, 0) is 11.8 Å². The van der Waals surface area contributed by atoms with Crippen LogP contribution in [0.2, 0.25) is 10.0 Å². The van der Waals surface area contributed by atoms with Crippen molar-refractivity contribution in [3.8, 4) is 16.9 Å². The predicted octanol–water partition coefficient (Wildman–Crippen LogP) is 4.71. The van der Waals surface area contributed by atoms with Crippen LogP contribution in [0.5, 0.6) is 5.75 Å². The second-order valence-electron chi connectivity index (χ2n) is 8.69. The summed E-state index contributed by atoms with van der Waals surface area (Å²) in [5.41, 5.74) is -0.462. The quantitative estimate of drug-likeness (QED) is 0.398. The predicted molar refractivity (Wildman–Crippen MR) is 130 cm³/mol. The van der Waals surface area contributed by atoms with Crippen molar-refractivity contribution in [2.24, 2.45) is 7.05 Å². The minimum atomic E-state index is -2.75. The number of carbonyl (C=O) groups excluding carboxylic acids is 2. The number of rotatable bonds is 9. The number of alkyl halides is 2. The van der Waals surface area contributed by atoms with Crippen molar-refractivity contribution >= 4 is 35.0 Å². The second-order valence-corrected chi connectivity index (χ2v) is 9.54. The standard InChI is InChI=1S/C24H22Cl2F3N5O3/c1-12(32-23(36)24(3-4-24)33-22(35)14-9-31-34(2)10-14)20-18(27)5-13(8-30-20)16-6-15(25)7-17(26)21(16)37-11-19(28)29/h5-10,12,19H,3-4,11H2,1-2H3,(H,32,36)(H,33,35)/t12-/m1/s1. The molecule has 37 heavy (non-hydrogen) atoms. The van der Waals surface area contributed by atoms with Gasteiger partial charge in [0.25, 0.3) is 12.3 Å². The molecule has 0 bridgehead atoms. The Hall–Kier alpha value is -3.31. The SMILES string of the molecule is C[C@@H](NC(=O)C1(NC(=O)c2cnn(C)c2)CC1)c1ncc(-c2cc(Cl)cc(Cl)c2OCC(F)F)cc1F. The smallest absolute Gasteiger partial charge is 0.272 e. The zero-order valence-corrected chi connectivity index (χ0v) is 21.2. The summed E-state index contributed by atoms with van der Waals surface area (Å²) in [4.78, 5) is 29.5. The van der Waals surface area contributed by atoms with Crippen LogP contribution in [0.15, 0.2) is 36.8 Å². The second kappa shape index (κ2) is 10.6. The van der Waals surface area contributed by atoms with Gasteiger partial charge in [-0.2, -0.15) is 5.10 Å². The fourth-order valence-electron chi connectivity index (χ4n) is 3.75. The molecule has 3 aromatic rings. The molecule has 1 aliphatic rings. The first-order chi connectivity index (χ1) is 17.5. The highest BCUT2D eigenvalue weighted by Gasteiger charge is 2.51. The highest BCUT2D eigenvalue weighted by Crippen LogP contribution is 2.40. The Kier molecular flexibility index (Phi) is 7.65. The van der Waals surface area contributed by atoms with Crippen molar-refractivity contribution in [1.29, 1.82) is 0 Å². The molecular formula is C24H22Cl2F3N5O3. The van der Waals surface area contributed by atoms with Gasteiger partial charge in [0, 0.05) is 35.6 Å². The number of amides is 2. The Morgan fingerprint density at radius 1 is 1.22 bits per heavy atom. The van der Waals surface area contributed by atoms with Crippen molar-refractivity contribution in [3.05, 3.63) is 63.9 Å². The molecule has 0 radical (unpaired) electrons. The molecule has 2 heterocycles. The van der Waals surface area contributed by atoms with E-state index in [1.807, 2.05) is 0 Å². The monoisotopic (exact) mass is 555 g/mol. The summed E-state index contributed by atoms with van der Waals surface area (Å²) < 4.78 is 47.1. The summed E-state index contributed by atoms with van der Waals surface area (Å²) in [6.07, 6.45) is 2.35. The lowest BCUT2D eigenvalue weighted by molar-refractivity contribution is -0.124. The lowest BCUT2D eigenvalue weighted by Crippen LogP contribution is -2.49. The molecule has 196 valence electrons. The van der Waals surface area contributed by atoms with E-state index in [0.29, 0.717) is 18.4 Å². The summed E-state index contributed by atoms with van der Waals surface area (Å²) in [5, 5.41) is 9.54. The topological polar surface area (TPSA) is 98.1 Å². The number of hydrogen-bond acceptors (Lipinski definition) is 5. The van der Waals surface area contributed by atoms with Crippen LogP contribution in [0.4, 0.5) is 13.2 Å². The lowest BCUT2D eigenvalue weighted by Gasteiger charge is -2.21. The summed E-state index contributed by atoms with van der Waals surface area (Å²) in [6, 6.07) is 3.01. The minimum absolute atomic E-state index is 0.0173. The van der Waals surface area contributed by atoms with Gasteiger partial charge < -0.3 is 15.4 Å². The Bertz CT molecular complexity index is 1350. The van der Waals surface area contributed by atoms with Gasteiger partial charge in [-0.05, 0) is 38.0 Å². The molecule has 0 aliphatic heterocycles. The van der Waals surface area contributed by atoms with Crippen molar-refractivity contribution < 1.29 is 27.5 Å². The number of carbonyl (C=O) groups is 2. The number of ether oxygens (including phenoxy) is 1. The highest BCUT2D eigenvalue weighted by atomic mass is 35.5. The fourth-order valence-corrected chi connectivity index (χ4v) is 4.30. The Labute approximate surface area is 220 Å². The minimum Gasteiger partial charge on any atom is -0.485 e. The van der Waals surface area contributed by atoms with E-state index in [9.17, 15) is 18.4 Å². The van der Waals surface area contributed by atoms with E-state index in [0.717, 1.165) is 6.07 Å². The third kappa shape index (κ3) is 5.99. The van der Waals surface area contributed by atoms with Gasteiger partial charge in [0.05, 0.1) is 28.5 Å². The van der Waals surface area contributed by atoms with E-state index < -0.39 is 42.2 Å². The molecule has 8 nitrogen and oxygen atoms in total. The summed E-state index contributed by atoms with van der Waals surface area (Å²) in [6.45, 7) is 0.639. The number of nitrogens with one attached hydrogen (secondary N) is 2. The third-order valence-electron chi connectivity index (χ3n) is 5.80. The van der Waals surface area contributed by atoms with Gasteiger partial charge in [-0.25, -0.2) is 13.2 Å². The van der Waals surface area contributed by atoms with E-state index in [1.165, 1.54) is 35.4 Å². The van der Waals surface area contributed by atoms with E-state index in [-0.39, 0.29) is 32.6 Å². The van der Waals surface area contributed by atoms with Crippen molar-refractivity contribution in [3.63, 3.8) is 0 Å². The van der Waals surface area contributed by atoms with Gasteiger partial charge >= 0.3 is 0 Å². The van der Waals surface area contributed by atoms with Gasteiger partial charge in [0.1, 0.15) is 23.7 Å². The molecule has 2 N–H and O–H groups in total. The molecule has 1 saturated carbocycles. The van der Waals surface area contributed by atoms with Crippen molar-refractivity contribution in [2.75, 3.05) is 6.61 Å². The molecule has 2 amide bonds. The zero-order valence-electron chi connectivity index (χ0n) is 19.7. The molecular weight excluding hydrogens is 534 g/mol. The van der Waals surface area contributed by atoms with Gasteiger partial charge in [0.2, 0.25) is 5.91 Å². The molecule has 0 spiro atoms. The molecule has 1 fully saturated rings. The number of halogens is 5. The number of pyridine rings is 1. The maximum atomic E-state index is 15.1. The number of nitrogens with zero attached hydrogens (tertiary/aromatic N) is 3. The van der Waals surface area contributed by atoms with E-state index in [4.69, 9.17) is 27.9 Å². The molecule has 2 aromatic heterocycles. The first kappa shape index (κ1) is 26.7. The van der Waals surface area contributed by atoms with E-state index in [1.54, 1.807) is 14.0 Å². The first-order valence-corrected chi connectivity index (χ1v) is 11.9. The third-order valence-corrected chi connectivity index (χ3v) is 6.30. The first-order valence-electron chi connectivity index (χ1n) is 11.2. The van der Waals surface area contributed by atoms with Crippen LogP contribution in [0.1, 0.15) is 41.9 Å². The molecule has 0 saturated heterocycles. The highest BCUT2D eigenvalue weighted by molar-refractivity contribution is 6.36. The Morgan fingerprint density at radius 3 is 2.54 bits per heavy atom. The molecule has 1 aromatic carbocycles. The maximum absolute atomic E-state index is 15.1. The number of benzene rings is 1. The van der Waals surface area contributed by atoms with Gasteiger partial charge in [-0.3, -0.25) is 19.3 Å². The number of hydrogen-bond donors (Lipinski definition) is 2. The van der Waals surface area contributed by atoms with Gasteiger partial charge in [-0.15, -0.1) is 0 Å². The van der Waals surface area contributed by atoms with Gasteiger partial charge in [-0.1, -0.05) is 23.2 Å². The van der Waals surface area contributed by atoms with Crippen LogP contribution in [0.25, 0.3) is 11.1 Å². The van der Waals surface area contributed by atoms with Crippen LogP contribution < -0.4 is 15.4 Å². The zero-order chi connectivity index (χ0) is 26.9. The van der Waals surface area contributed by atoms with Crippen LogP contribution in [0, 0.1) is 5.82 Å². The molecule has 13 heteroatoms. The Balaban J connectivity index is 1.50. The molecule has 1 atom stereocenters. The number of aryl methyl sites for hydroxylation is 1. The van der Waals surface area contributed by atoms with E-state index >= 15 is 4.39 Å². The molecule has 4 rings (SSSR count). The summed E-state index contributed by atoms with van der Waals surface area (Å²) in [7, 11) is 1.67. The Morgan fingerprint density at radius 2 is 1.95 bits per heavy atom. The van der Waals surface area contributed by atoms with Crippen LogP contribution in [-0.4, -0.2) is 45.2 Å². The molecule has 1 aliphatic carbocycles. The van der Waals surface area contributed by atoms with E-state index in [2.05, 4.69) is 20.7 Å². The lowest BCUT2D eigenvalue weighted by atomic mass is 10.0.